The molecule has 2 saturated heterocycles. The summed E-state index contributed by atoms with van der Waals surface area (Å²) >= 11 is 0. The zero-order valence-electron chi connectivity index (χ0n) is 21.9. The Labute approximate surface area is 223 Å². The van der Waals surface area contributed by atoms with E-state index in [1.54, 1.807) is 0 Å². The summed E-state index contributed by atoms with van der Waals surface area (Å²) in [7, 11) is 0. The highest BCUT2D eigenvalue weighted by Crippen LogP contribution is 2.27. The number of amides is 1. The van der Waals surface area contributed by atoms with Gasteiger partial charge < -0.3 is 19.2 Å². The maximum Gasteiger partial charge on any atom is 0.289 e. The Kier molecular flexibility index (Phi) is 7.06. The van der Waals surface area contributed by atoms with Crippen LogP contribution >= 0.6 is 0 Å². The summed E-state index contributed by atoms with van der Waals surface area (Å²) in [4.78, 5) is 23.1. The normalized spacial score (nSPS) is 16.8. The molecule has 0 saturated carbocycles. The lowest BCUT2D eigenvalue weighted by atomic mass is 10.1. The number of aromatic nitrogens is 1. The van der Waals surface area contributed by atoms with E-state index in [0.29, 0.717) is 5.76 Å². The molecule has 6 rings (SSSR count). The molecule has 1 N–H and O–H groups in total. The Morgan fingerprint density at radius 1 is 0.947 bits per heavy atom. The van der Waals surface area contributed by atoms with Crippen molar-refractivity contribution >= 4 is 33.5 Å². The van der Waals surface area contributed by atoms with Crippen LogP contribution in [0, 0.1) is 11.3 Å². The van der Waals surface area contributed by atoms with Crippen LogP contribution in [0.5, 0.6) is 0 Å². The molecular formula is C31H35N5O2. The third-order valence-electron chi connectivity index (χ3n) is 8.16. The molecular weight excluding hydrogens is 474 g/mol. The summed E-state index contributed by atoms with van der Waals surface area (Å²) in [5.74, 6) is 0.481. The number of piperazine rings is 1. The first-order valence-electron chi connectivity index (χ1n) is 14.0. The minimum atomic E-state index is 0.0210. The van der Waals surface area contributed by atoms with Gasteiger partial charge in [0.05, 0.1) is 11.6 Å². The van der Waals surface area contributed by atoms with Crippen molar-refractivity contribution in [2.24, 2.45) is 0 Å². The highest BCUT2D eigenvalue weighted by Gasteiger charge is 2.22. The minimum absolute atomic E-state index is 0.0210. The van der Waals surface area contributed by atoms with E-state index >= 15 is 0 Å². The summed E-state index contributed by atoms with van der Waals surface area (Å²) < 4.78 is 5.93. The molecule has 0 atom stereocenters. The van der Waals surface area contributed by atoms with Crippen molar-refractivity contribution in [3.05, 3.63) is 65.5 Å². The summed E-state index contributed by atoms with van der Waals surface area (Å²) in [5, 5.41) is 11.4. The number of fused-ring (bicyclic) bond motifs is 2. The van der Waals surface area contributed by atoms with Crippen LogP contribution in [0.1, 0.15) is 53.8 Å². The van der Waals surface area contributed by atoms with E-state index < -0.39 is 0 Å². The number of carbonyl (C=O) groups is 1. The van der Waals surface area contributed by atoms with E-state index in [2.05, 4.69) is 39.2 Å². The Hall–Kier alpha value is -3.76. The molecule has 0 unspecified atom stereocenters. The predicted molar refractivity (Wildman–Crippen MR) is 151 cm³/mol. The smallest absolute Gasteiger partial charge is 0.289 e. The van der Waals surface area contributed by atoms with Crippen LogP contribution < -0.4 is 4.90 Å². The lowest BCUT2D eigenvalue weighted by Crippen LogP contribution is -2.46. The van der Waals surface area contributed by atoms with Gasteiger partial charge in [-0.2, -0.15) is 5.26 Å². The van der Waals surface area contributed by atoms with Crippen LogP contribution in [0.15, 0.2) is 53.1 Å². The maximum absolute atomic E-state index is 12.9. The fourth-order valence-corrected chi connectivity index (χ4v) is 5.92. The summed E-state index contributed by atoms with van der Waals surface area (Å²) in [6.45, 7) is 6.89. The SMILES string of the molecule is N#Cc1ccc2[nH]cc(CCCCN3CCN(c4ccc5oc(C(=O)N6CCCCC6)cc5c4)CC3)c2c1. The van der Waals surface area contributed by atoms with Crippen LogP contribution in [0.3, 0.4) is 0 Å². The van der Waals surface area contributed by atoms with E-state index in [1.165, 1.54) is 29.5 Å². The van der Waals surface area contributed by atoms with Crippen molar-refractivity contribution in [2.45, 2.75) is 38.5 Å². The number of benzene rings is 2. The van der Waals surface area contributed by atoms with Gasteiger partial charge in [-0.25, -0.2) is 0 Å². The monoisotopic (exact) mass is 509 g/mol. The number of hydrogen-bond acceptors (Lipinski definition) is 5. The lowest BCUT2D eigenvalue weighted by Gasteiger charge is -2.36. The van der Waals surface area contributed by atoms with E-state index in [1.807, 2.05) is 35.2 Å². The van der Waals surface area contributed by atoms with E-state index in [4.69, 9.17) is 4.42 Å². The Morgan fingerprint density at radius 3 is 2.61 bits per heavy atom. The molecule has 4 heterocycles. The molecule has 1 amide bonds. The van der Waals surface area contributed by atoms with E-state index in [0.717, 1.165) is 93.5 Å². The zero-order chi connectivity index (χ0) is 25.9. The van der Waals surface area contributed by atoms with Gasteiger partial charge in [0.25, 0.3) is 5.91 Å². The van der Waals surface area contributed by atoms with Gasteiger partial charge in [-0.05, 0) is 93.1 Å². The molecule has 0 bridgehead atoms. The third-order valence-corrected chi connectivity index (χ3v) is 8.16. The quantitative estimate of drug-likeness (QED) is 0.330. The fourth-order valence-electron chi connectivity index (χ4n) is 5.92. The van der Waals surface area contributed by atoms with Gasteiger partial charge in [0, 0.05) is 67.4 Å². The molecule has 196 valence electrons. The zero-order valence-corrected chi connectivity index (χ0v) is 21.9. The first-order chi connectivity index (χ1) is 18.7. The first kappa shape index (κ1) is 24.6. The number of furan rings is 1. The van der Waals surface area contributed by atoms with Crippen molar-refractivity contribution in [3.63, 3.8) is 0 Å². The van der Waals surface area contributed by atoms with E-state index in [-0.39, 0.29) is 5.91 Å². The number of nitrogens with zero attached hydrogens (tertiary/aromatic N) is 4. The van der Waals surface area contributed by atoms with Crippen molar-refractivity contribution in [1.82, 2.24) is 14.8 Å². The topological polar surface area (TPSA) is 79.5 Å². The number of nitriles is 1. The second-order valence-corrected chi connectivity index (χ2v) is 10.7. The van der Waals surface area contributed by atoms with Crippen molar-refractivity contribution in [1.29, 1.82) is 5.26 Å². The number of anilines is 1. The molecule has 7 heteroatoms. The van der Waals surface area contributed by atoms with E-state index in [9.17, 15) is 10.1 Å². The predicted octanol–water partition coefficient (Wildman–Crippen LogP) is 5.56. The number of likely N-dealkylation sites (tertiary alicyclic amines) is 1. The molecule has 2 fully saturated rings. The lowest BCUT2D eigenvalue weighted by molar-refractivity contribution is 0.0694. The average Bonchev–Trinajstić information content (AvgIpc) is 3.59. The molecule has 2 aliphatic heterocycles. The Morgan fingerprint density at radius 2 is 1.79 bits per heavy atom. The van der Waals surface area contributed by atoms with Crippen LogP contribution in [0.4, 0.5) is 5.69 Å². The number of rotatable bonds is 7. The molecule has 7 nitrogen and oxygen atoms in total. The maximum atomic E-state index is 12.9. The summed E-state index contributed by atoms with van der Waals surface area (Å²) in [6.07, 6.45) is 8.79. The standard InChI is InChI=1S/C31H35N5O2/c32-21-23-7-9-28-27(18-23)24(22-33-28)6-2-5-11-34-14-16-35(17-15-34)26-8-10-29-25(19-26)20-30(38-29)31(37)36-12-3-1-4-13-36/h7-10,18-20,22,33H,1-6,11-17H2. The third kappa shape index (κ3) is 5.14. The van der Waals surface area contributed by atoms with Gasteiger partial charge in [-0.15, -0.1) is 0 Å². The molecule has 0 spiro atoms. The average molecular weight is 510 g/mol. The Balaban J connectivity index is 0.992. The molecule has 2 aromatic carbocycles. The number of unbranched alkanes of at least 4 members (excludes halogenated alkanes) is 1. The van der Waals surface area contributed by atoms with Gasteiger partial charge in [0.1, 0.15) is 5.58 Å². The second kappa shape index (κ2) is 10.9. The van der Waals surface area contributed by atoms with Gasteiger partial charge in [0.15, 0.2) is 5.76 Å². The number of carbonyl (C=O) groups excluding carboxylic acids is 1. The number of nitrogens with one attached hydrogen (secondary N) is 1. The first-order valence-corrected chi connectivity index (χ1v) is 14.0. The van der Waals surface area contributed by atoms with Crippen LogP contribution in [-0.4, -0.2) is 66.5 Å². The number of hydrogen-bond donors (Lipinski definition) is 1. The number of piperidine rings is 1. The Bertz CT molecular complexity index is 1460. The number of H-pyrrole nitrogens is 1. The second-order valence-electron chi connectivity index (χ2n) is 10.7. The minimum Gasteiger partial charge on any atom is -0.451 e. The van der Waals surface area contributed by atoms with Gasteiger partial charge in [0.2, 0.25) is 0 Å². The highest BCUT2D eigenvalue weighted by molar-refractivity contribution is 5.96. The van der Waals surface area contributed by atoms with Crippen LogP contribution in [0.2, 0.25) is 0 Å². The van der Waals surface area contributed by atoms with Crippen LogP contribution in [-0.2, 0) is 6.42 Å². The van der Waals surface area contributed by atoms with Crippen molar-refractivity contribution in [3.8, 4) is 6.07 Å². The summed E-state index contributed by atoms with van der Waals surface area (Å²) in [5.41, 5.74) is 5.11. The molecule has 38 heavy (non-hydrogen) atoms. The fraction of sp³-hybridized carbons (Fsp3) is 0.419. The summed E-state index contributed by atoms with van der Waals surface area (Å²) in [6, 6.07) is 16.3. The van der Waals surface area contributed by atoms with Gasteiger partial charge >= 0.3 is 0 Å². The molecule has 0 aliphatic carbocycles. The van der Waals surface area contributed by atoms with Crippen LogP contribution in [0.25, 0.3) is 21.9 Å². The highest BCUT2D eigenvalue weighted by atomic mass is 16.3. The van der Waals surface area contributed by atoms with Crippen molar-refractivity contribution < 1.29 is 9.21 Å². The van der Waals surface area contributed by atoms with Crippen molar-refractivity contribution in [2.75, 3.05) is 50.7 Å². The number of aryl methyl sites for hydroxylation is 1. The molecule has 0 radical (unpaired) electrons. The van der Waals surface area contributed by atoms with Gasteiger partial charge in [-0.3, -0.25) is 9.69 Å². The number of aromatic amines is 1. The molecule has 4 aromatic rings. The molecule has 2 aliphatic rings. The largest absolute Gasteiger partial charge is 0.451 e. The molecule has 2 aromatic heterocycles. The van der Waals surface area contributed by atoms with Gasteiger partial charge in [-0.1, -0.05) is 0 Å².